The van der Waals surface area contributed by atoms with Gasteiger partial charge in [0.05, 0.1) is 15.7 Å². The summed E-state index contributed by atoms with van der Waals surface area (Å²) in [4.78, 5) is 2.06. The largest absolute Gasteiger partial charge is 0.314 e. The zero-order valence-electron chi connectivity index (χ0n) is 14.3. The van der Waals surface area contributed by atoms with Crippen molar-refractivity contribution in [1.29, 1.82) is 0 Å². The maximum Gasteiger partial charge on any atom is 0.0887 e. The monoisotopic (exact) mass is 281 g/mol. The van der Waals surface area contributed by atoms with Crippen molar-refractivity contribution in [2.45, 2.75) is 64.6 Å². The standard InChI is InChI=1S/C18H29B2N/c1-5-8-13-21(4)18(19,20)17-12-11-15(9-6-2)16(14-17)10-7-3/h11-12,14H,5-10,13H2,1-4H3. The molecule has 0 atom stereocenters. The van der Waals surface area contributed by atoms with Crippen molar-refractivity contribution in [3.63, 3.8) is 0 Å². The number of nitrogens with zero attached hydrogens (tertiary/aromatic N) is 1. The van der Waals surface area contributed by atoms with E-state index in [2.05, 4.69) is 43.9 Å². The van der Waals surface area contributed by atoms with E-state index in [1.165, 1.54) is 17.5 Å². The van der Waals surface area contributed by atoms with Gasteiger partial charge in [0.15, 0.2) is 0 Å². The molecule has 0 aromatic heterocycles. The first-order valence-electron chi connectivity index (χ1n) is 8.38. The molecular weight excluding hydrogens is 252 g/mol. The minimum Gasteiger partial charge on any atom is -0.314 e. The predicted octanol–water partition coefficient (Wildman–Crippen LogP) is 3.77. The van der Waals surface area contributed by atoms with Gasteiger partial charge < -0.3 is 4.90 Å². The lowest BCUT2D eigenvalue weighted by Gasteiger charge is -2.38. The molecule has 0 fully saturated rings. The van der Waals surface area contributed by atoms with Crippen molar-refractivity contribution < 1.29 is 0 Å². The van der Waals surface area contributed by atoms with Crippen LogP contribution < -0.4 is 0 Å². The normalized spacial score (nSPS) is 12.0. The van der Waals surface area contributed by atoms with Gasteiger partial charge in [0.1, 0.15) is 0 Å². The van der Waals surface area contributed by atoms with E-state index in [-0.39, 0.29) is 0 Å². The zero-order chi connectivity index (χ0) is 15.9. The molecule has 21 heavy (non-hydrogen) atoms. The van der Waals surface area contributed by atoms with Gasteiger partial charge in [0.2, 0.25) is 0 Å². The van der Waals surface area contributed by atoms with Gasteiger partial charge in [-0.1, -0.05) is 58.2 Å². The highest BCUT2D eigenvalue weighted by molar-refractivity contribution is 6.39. The van der Waals surface area contributed by atoms with Crippen LogP contribution in [0.15, 0.2) is 18.2 Å². The van der Waals surface area contributed by atoms with Crippen LogP contribution in [0.3, 0.4) is 0 Å². The van der Waals surface area contributed by atoms with Crippen molar-refractivity contribution in [2.75, 3.05) is 13.6 Å². The molecule has 0 saturated heterocycles. The molecule has 1 nitrogen and oxygen atoms in total. The maximum absolute atomic E-state index is 6.42. The van der Waals surface area contributed by atoms with Gasteiger partial charge in [-0.3, -0.25) is 0 Å². The lowest BCUT2D eigenvalue weighted by Crippen LogP contribution is -2.45. The second-order valence-electron chi connectivity index (χ2n) is 6.08. The van der Waals surface area contributed by atoms with E-state index >= 15 is 0 Å². The highest BCUT2D eigenvalue weighted by Gasteiger charge is 2.24. The van der Waals surface area contributed by atoms with Crippen LogP contribution in [0.5, 0.6) is 0 Å². The summed E-state index contributed by atoms with van der Waals surface area (Å²) < 4.78 is 0. The first-order chi connectivity index (χ1) is 9.97. The number of benzene rings is 1. The lowest BCUT2D eigenvalue weighted by molar-refractivity contribution is 0.272. The van der Waals surface area contributed by atoms with Gasteiger partial charge in [-0.15, -0.1) is 0 Å². The second-order valence-corrected chi connectivity index (χ2v) is 6.08. The number of hydrogen-bond donors (Lipinski definition) is 0. The molecule has 1 rings (SSSR count). The summed E-state index contributed by atoms with van der Waals surface area (Å²) in [5.41, 5.74) is 3.86. The smallest absolute Gasteiger partial charge is 0.0887 e. The zero-order valence-corrected chi connectivity index (χ0v) is 14.3. The molecule has 0 N–H and O–H groups in total. The fourth-order valence-electron chi connectivity index (χ4n) is 2.69. The summed E-state index contributed by atoms with van der Waals surface area (Å²) >= 11 is 0. The molecule has 0 bridgehead atoms. The van der Waals surface area contributed by atoms with Crippen molar-refractivity contribution in [3.8, 4) is 0 Å². The Bertz CT molecular complexity index is 429. The Balaban J connectivity index is 3.02. The fraction of sp³-hybridized carbons (Fsp3) is 0.667. The van der Waals surface area contributed by atoms with Crippen LogP contribution in [-0.2, 0) is 18.2 Å². The Morgan fingerprint density at radius 3 is 2.14 bits per heavy atom. The molecule has 4 radical (unpaired) electrons. The van der Waals surface area contributed by atoms with Crippen LogP contribution in [0.1, 0.15) is 63.1 Å². The predicted molar refractivity (Wildman–Crippen MR) is 95.2 cm³/mol. The first-order valence-corrected chi connectivity index (χ1v) is 8.38. The molecule has 0 aliphatic carbocycles. The molecule has 0 aliphatic rings. The molecule has 0 heterocycles. The van der Waals surface area contributed by atoms with E-state index in [1.807, 2.05) is 7.05 Å². The highest BCUT2D eigenvalue weighted by Crippen LogP contribution is 2.25. The van der Waals surface area contributed by atoms with Crippen molar-refractivity contribution in [3.05, 3.63) is 34.9 Å². The van der Waals surface area contributed by atoms with Crippen molar-refractivity contribution in [2.24, 2.45) is 0 Å². The molecule has 3 heteroatoms. The summed E-state index contributed by atoms with van der Waals surface area (Å²) in [5.74, 6) is 0. The van der Waals surface area contributed by atoms with Crippen LogP contribution in [0.2, 0.25) is 0 Å². The van der Waals surface area contributed by atoms with E-state index in [0.717, 1.165) is 44.2 Å². The third kappa shape index (κ3) is 4.92. The van der Waals surface area contributed by atoms with Crippen LogP contribution in [-0.4, -0.2) is 34.2 Å². The summed E-state index contributed by atoms with van der Waals surface area (Å²) in [5, 5.41) is -0.887. The minimum absolute atomic E-state index is 0.887. The van der Waals surface area contributed by atoms with Crippen LogP contribution in [0.25, 0.3) is 0 Å². The Kier molecular flexibility index (Phi) is 7.59. The third-order valence-electron chi connectivity index (χ3n) is 4.19. The highest BCUT2D eigenvalue weighted by atomic mass is 15.1. The summed E-state index contributed by atoms with van der Waals surface area (Å²) in [7, 11) is 14.8. The number of rotatable bonds is 9. The Morgan fingerprint density at radius 2 is 1.57 bits per heavy atom. The van der Waals surface area contributed by atoms with Gasteiger partial charge in [-0.25, -0.2) is 0 Å². The van der Waals surface area contributed by atoms with Gasteiger partial charge in [0, 0.05) is 0 Å². The molecular formula is C18H29B2N. The first kappa shape index (κ1) is 18.4. The molecule has 1 aromatic rings. The third-order valence-corrected chi connectivity index (χ3v) is 4.19. The topological polar surface area (TPSA) is 3.24 Å². The quantitative estimate of drug-likeness (QED) is 0.623. The summed E-state index contributed by atoms with van der Waals surface area (Å²) in [6.07, 6.45) is 6.80. The molecule has 112 valence electrons. The van der Waals surface area contributed by atoms with E-state index in [1.54, 1.807) is 0 Å². The minimum atomic E-state index is -0.887. The molecule has 0 saturated carbocycles. The van der Waals surface area contributed by atoms with Gasteiger partial charge >= 0.3 is 0 Å². The number of unbranched alkanes of at least 4 members (excludes halogenated alkanes) is 1. The van der Waals surface area contributed by atoms with Gasteiger partial charge in [-0.2, -0.15) is 0 Å². The molecule has 0 amide bonds. The Labute approximate surface area is 134 Å². The van der Waals surface area contributed by atoms with Crippen molar-refractivity contribution in [1.82, 2.24) is 4.90 Å². The average molecular weight is 281 g/mol. The van der Waals surface area contributed by atoms with Crippen molar-refractivity contribution >= 4 is 15.7 Å². The number of hydrogen-bond acceptors (Lipinski definition) is 1. The second kappa shape index (κ2) is 8.68. The van der Waals surface area contributed by atoms with E-state index in [9.17, 15) is 0 Å². The van der Waals surface area contributed by atoms with Crippen LogP contribution in [0, 0.1) is 0 Å². The average Bonchev–Trinajstić information content (AvgIpc) is 2.46. The molecule has 1 aromatic carbocycles. The van der Waals surface area contributed by atoms with Gasteiger partial charge in [-0.05, 0) is 54.9 Å². The summed E-state index contributed by atoms with van der Waals surface area (Å²) in [6.45, 7) is 7.54. The van der Waals surface area contributed by atoms with E-state index in [0.29, 0.717) is 0 Å². The maximum atomic E-state index is 6.42. The van der Waals surface area contributed by atoms with E-state index in [4.69, 9.17) is 15.7 Å². The SMILES string of the molecule is [B]C([B])(c1ccc(CCC)c(CCC)c1)N(C)CCCC. The lowest BCUT2D eigenvalue weighted by atomic mass is 9.56. The fourth-order valence-corrected chi connectivity index (χ4v) is 2.69. The molecule has 0 spiro atoms. The van der Waals surface area contributed by atoms with E-state index < -0.39 is 5.34 Å². The Morgan fingerprint density at radius 1 is 0.952 bits per heavy atom. The Hall–Kier alpha value is -0.690. The molecule has 0 unspecified atom stereocenters. The summed E-state index contributed by atoms with van der Waals surface area (Å²) in [6, 6.07) is 6.54. The number of aryl methyl sites for hydroxylation is 2. The van der Waals surface area contributed by atoms with Gasteiger partial charge in [0.25, 0.3) is 0 Å². The van der Waals surface area contributed by atoms with Crippen LogP contribution >= 0.6 is 0 Å². The van der Waals surface area contributed by atoms with Crippen LogP contribution in [0.4, 0.5) is 0 Å². The molecule has 0 aliphatic heterocycles.